The van der Waals surface area contributed by atoms with Gasteiger partial charge in [0.15, 0.2) is 5.82 Å². The van der Waals surface area contributed by atoms with Crippen molar-refractivity contribution in [1.82, 2.24) is 9.97 Å². The van der Waals surface area contributed by atoms with Crippen LogP contribution >= 0.6 is 34.8 Å². The van der Waals surface area contributed by atoms with Gasteiger partial charge in [0.05, 0.1) is 0 Å². The first-order valence-corrected chi connectivity index (χ1v) is 6.71. The van der Waals surface area contributed by atoms with Crippen LogP contribution in [0.25, 0.3) is 0 Å². The van der Waals surface area contributed by atoms with E-state index in [1.165, 1.54) is 0 Å². The van der Waals surface area contributed by atoms with Gasteiger partial charge in [-0.05, 0) is 24.6 Å². The Labute approximate surface area is 126 Å². The highest BCUT2D eigenvalue weighted by molar-refractivity contribution is 6.35. The molecule has 0 aliphatic heterocycles. The maximum absolute atomic E-state index is 9.02. The molecule has 0 saturated heterocycles. The highest BCUT2D eigenvalue weighted by Crippen LogP contribution is 2.26. The molecule has 1 N–H and O–H groups in total. The molecule has 0 spiro atoms. The number of aromatic nitrogens is 2. The minimum Gasteiger partial charge on any atom is -0.388 e. The number of nitrogens with zero attached hydrogens (tertiary/aromatic N) is 2. The summed E-state index contributed by atoms with van der Waals surface area (Å²) in [4.78, 5) is 8.21. The molecule has 2 rings (SSSR count). The number of rotatable bonds is 3. The number of benzene rings is 1. The van der Waals surface area contributed by atoms with Crippen LogP contribution in [0.15, 0.2) is 18.2 Å². The maximum Gasteiger partial charge on any atom is 0.155 e. The Morgan fingerprint density at radius 1 is 1.16 bits per heavy atom. The molecule has 100 valence electrons. The van der Waals surface area contributed by atoms with Crippen LogP contribution in [0.4, 0.5) is 0 Å². The first-order chi connectivity index (χ1) is 9.01. The zero-order valence-electron chi connectivity index (χ0n) is 10.1. The van der Waals surface area contributed by atoms with Crippen molar-refractivity contribution >= 4 is 34.8 Å². The number of halogens is 3. The van der Waals surface area contributed by atoms with Crippen molar-refractivity contribution in [2.24, 2.45) is 0 Å². The van der Waals surface area contributed by atoms with E-state index >= 15 is 0 Å². The fourth-order valence-electron chi connectivity index (χ4n) is 1.74. The van der Waals surface area contributed by atoms with E-state index in [1.807, 2.05) is 13.0 Å². The third-order valence-corrected chi connectivity index (χ3v) is 3.63. The van der Waals surface area contributed by atoms with Gasteiger partial charge in [0, 0.05) is 27.7 Å². The van der Waals surface area contributed by atoms with Crippen LogP contribution in [0.1, 0.15) is 22.6 Å². The van der Waals surface area contributed by atoms with Gasteiger partial charge in [0.25, 0.3) is 0 Å². The van der Waals surface area contributed by atoms with Gasteiger partial charge in [-0.1, -0.05) is 40.9 Å². The predicted molar refractivity (Wildman–Crippen MR) is 77.0 cm³/mol. The molecule has 0 saturated carbocycles. The van der Waals surface area contributed by atoms with Crippen molar-refractivity contribution in [2.75, 3.05) is 0 Å². The Hall–Kier alpha value is -0.870. The second-order valence-electron chi connectivity index (χ2n) is 4.07. The maximum atomic E-state index is 9.02. The highest BCUT2D eigenvalue weighted by Gasteiger charge is 2.12. The monoisotopic (exact) mass is 316 g/mol. The molecule has 1 heterocycles. The van der Waals surface area contributed by atoms with Crippen LogP contribution in [0.5, 0.6) is 0 Å². The molecule has 3 nitrogen and oxygen atoms in total. The lowest BCUT2D eigenvalue weighted by Crippen LogP contribution is -2.04. The first-order valence-electron chi connectivity index (χ1n) is 5.58. The van der Waals surface area contributed by atoms with E-state index in [0.717, 1.165) is 16.8 Å². The quantitative estimate of drug-likeness (QED) is 0.875. The van der Waals surface area contributed by atoms with E-state index in [-0.39, 0.29) is 6.61 Å². The fraction of sp³-hybridized carbons (Fsp3) is 0.231. The van der Waals surface area contributed by atoms with Crippen molar-refractivity contribution in [3.63, 3.8) is 0 Å². The van der Waals surface area contributed by atoms with Crippen LogP contribution in [-0.4, -0.2) is 15.1 Å². The summed E-state index contributed by atoms with van der Waals surface area (Å²) in [5.74, 6) is 0.313. The minimum absolute atomic E-state index is 0.234. The van der Waals surface area contributed by atoms with E-state index in [0.29, 0.717) is 27.4 Å². The van der Waals surface area contributed by atoms with Crippen LogP contribution in [-0.2, 0) is 13.0 Å². The molecule has 0 aliphatic rings. The summed E-state index contributed by atoms with van der Waals surface area (Å²) >= 11 is 18.1. The Morgan fingerprint density at radius 2 is 1.89 bits per heavy atom. The molecule has 6 heteroatoms. The molecule has 0 amide bonds. The first kappa shape index (κ1) is 14.5. The van der Waals surface area contributed by atoms with E-state index in [9.17, 15) is 0 Å². The average molecular weight is 318 g/mol. The lowest BCUT2D eigenvalue weighted by Gasteiger charge is -2.10. The summed E-state index contributed by atoms with van der Waals surface area (Å²) in [5.41, 5.74) is 2.43. The van der Waals surface area contributed by atoms with Gasteiger partial charge in [0.2, 0.25) is 0 Å². The molecule has 0 fully saturated rings. The minimum atomic E-state index is -0.234. The topological polar surface area (TPSA) is 46.0 Å². The molecule has 19 heavy (non-hydrogen) atoms. The van der Waals surface area contributed by atoms with E-state index in [2.05, 4.69) is 9.97 Å². The van der Waals surface area contributed by atoms with Crippen molar-refractivity contribution in [2.45, 2.75) is 20.0 Å². The Balaban J connectivity index is 2.38. The fourth-order valence-corrected chi connectivity index (χ4v) is 2.52. The Bertz CT molecular complexity index is 594. The zero-order valence-corrected chi connectivity index (χ0v) is 12.4. The SMILES string of the molecule is Cc1nc(CO)nc(Cl)c1Cc1ccc(Cl)cc1Cl. The van der Waals surface area contributed by atoms with Gasteiger partial charge in [0.1, 0.15) is 11.8 Å². The lowest BCUT2D eigenvalue weighted by atomic mass is 10.1. The normalized spacial score (nSPS) is 10.8. The number of hydrogen-bond donors (Lipinski definition) is 1. The van der Waals surface area contributed by atoms with Crippen LogP contribution in [0.3, 0.4) is 0 Å². The number of aliphatic hydroxyl groups is 1. The van der Waals surface area contributed by atoms with E-state index in [4.69, 9.17) is 39.9 Å². The van der Waals surface area contributed by atoms with Crippen LogP contribution in [0.2, 0.25) is 15.2 Å². The van der Waals surface area contributed by atoms with E-state index in [1.54, 1.807) is 12.1 Å². The summed E-state index contributed by atoms with van der Waals surface area (Å²) < 4.78 is 0. The van der Waals surface area contributed by atoms with Crippen molar-refractivity contribution in [3.8, 4) is 0 Å². The highest BCUT2D eigenvalue weighted by atomic mass is 35.5. The van der Waals surface area contributed by atoms with Crippen LogP contribution in [0, 0.1) is 6.92 Å². The standard InChI is InChI=1S/C13H11Cl3N2O/c1-7-10(13(16)18-12(6-19)17-7)4-8-2-3-9(14)5-11(8)15/h2-3,5,19H,4,6H2,1H3. The van der Waals surface area contributed by atoms with Crippen molar-refractivity contribution < 1.29 is 5.11 Å². The smallest absolute Gasteiger partial charge is 0.155 e. The van der Waals surface area contributed by atoms with Gasteiger partial charge in [-0.15, -0.1) is 0 Å². The summed E-state index contributed by atoms with van der Waals surface area (Å²) in [6.45, 7) is 1.59. The van der Waals surface area contributed by atoms with Gasteiger partial charge in [-0.25, -0.2) is 9.97 Å². The summed E-state index contributed by atoms with van der Waals surface area (Å²) in [5, 5.41) is 10.5. The molecular weight excluding hydrogens is 307 g/mol. The van der Waals surface area contributed by atoms with Gasteiger partial charge < -0.3 is 5.11 Å². The summed E-state index contributed by atoms with van der Waals surface area (Å²) in [6.07, 6.45) is 0.520. The average Bonchev–Trinajstić information content (AvgIpc) is 2.35. The molecular formula is C13H11Cl3N2O. The predicted octanol–water partition coefficient (Wildman–Crippen LogP) is 3.83. The molecule has 0 unspecified atom stereocenters. The third kappa shape index (κ3) is 3.37. The Morgan fingerprint density at radius 3 is 2.47 bits per heavy atom. The van der Waals surface area contributed by atoms with Gasteiger partial charge >= 0.3 is 0 Å². The van der Waals surface area contributed by atoms with Crippen molar-refractivity contribution in [1.29, 1.82) is 0 Å². The Kier molecular flexibility index (Phi) is 4.63. The van der Waals surface area contributed by atoms with Gasteiger partial charge in [-0.3, -0.25) is 0 Å². The van der Waals surface area contributed by atoms with E-state index < -0.39 is 0 Å². The molecule has 0 bridgehead atoms. The molecule has 0 radical (unpaired) electrons. The molecule has 1 aromatic heterocycles. The molecule has 1 aromatic carbocycles. The number of hydrogen-bond acceptors (Lipinski definition) is 3. The number of aryl methyl sites for hydroxylation is 1. The van der Waals surface area contributed by atoms with Crippen molar-refractivity contribution in [3.05, 3.63) is 56.0 Å². The second-order valence-corrected chi connectivity index (χ2v) is 5.27. The number of aliphatic hydroxyl groups excluding tert-OH is 1. The van der Waals surface area contributed by atoms with Crippen LogP contribution < -0.4 is 0 Å². The largest absolute Gasteiger partial charge is 0.388 e. The lowest BCUT2D eigenvalue weighted by molar-refractivity contribution is 0.271. The summed E-state index contributed by atoms with van der Waals surface area (Å²) in [6, 6.07) is 5.31. The summed E-state index contributed by atoms with van der Waals surface area (Å²) in [7, 11) is 0. The second kappa shape index (κ2) is 6.06. The third-order valence-electron chi connectivity index (χ3n) is 2.73. The molecule has 0 atom stereocenters. The van der Waals surface area contributed by atoms with Gasteiger partial charge in [-0.2, -0.15) is 0 Å². The molecule has 2 aromatic rings. The molecule has 0 aliphatic carbocycles. The zero-order chi connectivity index (χ0) is 14.0.